The number of hydrazone groups is 1. The van der Waals surface area contributed by atoms with Crippen LogP contribution in [-0.2, 0) is 6.54 Å². The van der Waals surface area contributed by atoms with Crippen molar-refractivity contribution in [3.63, 3.8) is 0 Å². The van der Waals surface area contributed by atoms with Crippen molar-refractivity contribution in [1.82, 2.24) is 19.8 Å². The summed E-state index contributed by atoms with van der Waals surface area (Å²) in [6.07, 6.45) is 3.62. The van der Waals surface area contributed by atoms with Gasteiger partial charge in [0.25, 0.3) is 5.91 Å². The number of rotatable bonds is 7. The molecule has 1 N–H and O–H groups in total. The Morgan fingerprint density at radius 3 is 2.41 bits per heavy atom. The van der Waals surface area contributed by atoms with Gasteiger partial charge in [-0.1, -0.05) is 24.9 Å². The molecule has 3 aromatic rings. The molecule has 29 heavy (non-hydrogen) atoms. The molecule has 6 nitrogen and oxygen atoms in total. The predicted octanol–water partition coefficient (Wildman–Crippen LogP) is 4.82. The van der Waals surface area contributed by atoms with Crippen LogP contribution >= 0.6 is 11.6 Å². The van der Waals surface area contributed by atoms with Crippen LogP contribution in [0.4, 0.5) is 0 Å². The van der Waals surface area contributed by atoms with Crippen molar-refractivity contribution in [2.24, 2.45) is 5.10 Å². The minimum absolute atomic E-state index is 0.277. The number of aryl methyl sites for hydroxylation is 4. The van der Waals surface area contributed by atoms with Gasteiger partial charge >= 0.3 is 0 Å². The molecule has 0 bridgehead atoms. The predicted molar refractivity (Wildman–Crippen MR) is 117 cm³/mol. The topological polar surface area (TPSA) is 64.2 Å². The number of hydrogen-bond acceptors (Lipinski definition) is 3. The lowest BCUT2D eigenvalue weighted by molar-refractivity contribution is 0.0955. The van der Waals surface area contributed by atoms with Crippen molar-refractivity contribution in [2.45, 2.75) is 47.1 Å². The van der Waals surface area contributed by atoms with Gasteiger partial charge < -0.3 is 4.57 Å². The number of nitrogens with one attached hydrogen (secondary N) is 1. The third kappa shape index (κ3) is 4.59. The lowest BCUT2D eigenvalue weighted by atomic mass is 10.2. The molecule has 2 heterocycles. The first-order chi connectivity index (χ1) is 13.9. The van der Waals surface area contributed by atoms with Crippen molar-refractivity contribution >= 4 is 23.7 Å². The Morgan fingerprint density at radius 2 is 1.79 bits per heavy atom. The van der Waals surface area contributed by atoms with Crippen molar-refractivity contribution in [1.29, 1.82) is 0 Å². The van der Waals surface area contributed by atoms with Crippen LogP contribution < -0.4 is 5.43 Å². The van der Waals surface area contributed by atoms with Crippen LogP contribution in [0, 0.1) is 20.8 Å². The molecule has 0 aliphatic heterocycles. The average molecular weight is 412 g/mol. The van der Waals surface area contributed by atoms with Gasteiger partial charge in [0.1, 0.15) is 5.15 Å². The molecule has 1 amide bonds. The molecule has 2 aromatic heterocycles. The second kappa shape index (κ2) is 9.09. The van der Waals surface area contributed by atoms with E-state index in [9.17, 15) is 4.79 Å². The van der Waals surface area contributed by atoms with Gasteiger partial charge in [-0.2, -0.15) is 10.2 Å². The zero-order valence-corrected chi connectivity index (χ0v) is 18.0. The van der Waals surface area contributed by atoms with Gasteiger partial charge in [0, 0.05) is 29.2 Å². The Kier molecular flexibility index (Phi) is 6.54. The molecule has 0 aliphatic rings. The molecule has 152 valence electrons. The van der Waals surface area contributed by atoms with E-state index in [0.29, 0.717) is 10.7 Å². The first kappa shape index (κ1) is 20.9. The molecule has 0 radical (unpaired) electrons. The van der Waals surface area contributed by atoms with Gasteiger partial charge in [-0.05, 0) is 63.6 Å². The summed E-state index contributed by atoms with van der Waals surface area (Å²) in [6, 6.07) is 11.6. The molecule has 3 rings (SSSR count). The number of hydrogen-bond donors (Lipinski definition) is 1. The van der Waals surface area contributed by atoms with E-state index in [1.165, 1.54) is 0 Å². The molecule has 7 heteroatoms. The van der Waals surface area contributed by atoms with Crippen LogP contribution in [0.2, 0.25) is 5.15 Å². The van der Waals surface area contributed by atoms with Crippen LogP contribution in [0.3, 0.4) is 0 Å². The summed E-state index contributed by atoms with van der Waals surface area (Å²) in [7, 11) is 0. The number of unbranched alkanes of at least 4 members (excludes halogenated alkanes) is 1. The minimum atomic E-state index is -0.277. The molecule has 0 aliphatic carbocycles. The molecular weight excluding hydrogens is 386 g/mol. The zero-order valence-electron chi connectivity index (χ0n) is 17.2. The number of benzene rings is 1. The number of amides is 1. The quantitative estimate of drug-likeness (QED) is 0.447. The Labute approximate surface area is 176 Å². The first-order valence-corrected chi connectivity index (χ1v) is 10.1. The highest BCUT2D eigenvalue weighted by Crippen LogP contribution is 2.19. The highest BCUT2D eigenvalue weighted by Gasteiger charge is 2.12. The summed E-state index contributed by atoms with van der Waals surface area (Å²) >= 11 is 6.38. The van der Waals surface area contributed by atoms with Crippen LogP contribution in [0.1, 0.15) is 52.8 Å². The van der Waals surface area contributed by atoms with E-state index in [-0.39, 0.29) is 5.91 Å². The summed E-state index contributed by atoms with van der Waals surface area (Å²) in [5.74, 6) is -0.277. The van der Waals surface area contributed by atoms with Gasteiger partial charge in [0.05, 0.1) is 17.5 Å². The van der Waals surface area contributed by atoms with E-state index >= 15 is 0 Å². The van der Waals surface area contributed by atoms with Crippen molar-refractivity contribution in [3.05, 3.63) is 69.8 Å². The van der Waals surface area contributed by atoms with Crippen LogP contribution in [0.5, 0.6) is 0 Å². The number of carbonyl (C=O) groups is 1. The highest BCUT2D eigenvalue weighted by atomic mass is 35.5. The number of halogens is 1. The lowest BCUT2D eigenvalue weighted by Gasteiger charge is -2.10. The van der Waals surface area contributed by atoms with Crippen LogP contribution in [0.15, 0.2) is 41.5 Å². The molecule has 0 saturated heterocycles. The summed E-state index contributed by atoms with van der Waals surface area (Å²) in [5.41, 5.74) is 7.92. The Bertz CT molecular complexity index is 1010. The second-order valence-electron chi connectivity index (χ2n) is 7.06. The van der Waals surface area contributed by atoms with Gasteiger partial charge in [-0.15, -0.1) is 0 Å². The van der Waals surface area contributed by atoms with Crippen LogP contribution in [-0.4, -0.2) is 26.5 Å². The van der Waals surface area contributed by atoms with Crippen molar-refractivity contribution < 1.29 is 4.79 Å². The number of carbonyl (C=O) groups excluding carboxylic acids is 1. The number of nitrogens with zero attached hydrogens (tertiary/aromatic N) is 4. The lowest BCUT2D eigenvalue weighted by Crippen LogP contribution is -2.17. The van der Waals surface area contributed by atoms with E-state index in [1.807, 2.05) is 19.1 Å². The molecule has 0 spiro atoms. The highest BCUT2D eigenvalue weighted by molar-refractivity contribution is 6.32. The SMILES string of the molecule is CCCCn1nc(C)c(/C=N/NC(=O)c2ccc(-n3c(C)ccc3C)cc2)c1Cl. The van der Waals surface area contributed by atoms with Gasteiger partial charge in [-0.3, -0.25) is 9.48 Å². The number of aromatic nitrogens is 3. The third-order valence-electron chi connectivity index (χ3n) is 4.85. The van der Waals surface area contributed by atoms with E-state index < -0.39 is 0 Å². The molecule has 0 unspecified atom stereocenters. The zero-order chi connectivity index (χ0) is 21.0. The molecular formula is C22H26ClN5O. The molecule has 0 atom stereocenters. The summed E-state index contributed by atoms with van der Waals surface area (Å²) < 4.78 is 3.91. The third-order valence-corrected chi connectivity index (χ3v) is 5.25. The second-order valence-corrected chi connectivity index (χ2v) is 7.42. The van der Waals surface area contributed by atoms with Gasteiger partial charge in [-0.25, -0.2) is 5.43 Å². The minimum Gasteiger partial charge on any atom is -0.319 e. The summed E-state index contributed by atoms with van der Waals surface area (Å²) in [5, 5.41) is 9.03. The first-order valence-electron chi connectivity index (χ1n) is 9.74. The largest absolute Gasteiger partial charge is 0.319 e. The Balaban J connectivity index is 1.67. The summed E-state index contributed by atoms with van der Waals surface area (Å²) in [4.78, 5) is 12.4. The fraction of sp³-hybridized carbons (Fsp3) is 0.318. The molecule has 1 aromatic carbocycles. The van der Waals surface area contributed by atoms with Crippen LogP contribution in [0.25, 0.3) is 5.69 Å². The van der Waals surface area contributed by atoms with E-state index in [4.69, 9.17) is 11.6 Å². The van der Waals surface area contributed by atoms with E-state index in [2.05, 4.69) is 53.1 Å². The standard InChI is InChI=1S/C22H26ClN5O/c1-5-6-13-27-21(23)20(17(4)26-27)14-24-25-22(29)18-9-11-19(12-10-18)28-15(2)7-8-16(28)3/h7-12,14H,5-6,13H2,1-4H3,(H,25,29)/b24-14+. The van der Waals surface area contributed by atoms with E-state index in [0.717, 1.165) is 47.7 Å². The fourth-order valence-corrected chi connectivity index (χ4v) is 3.54. The maximum atomic E-state index is 12.4. The fourth-order valence-electron chi connectivity index (χ4n) is 3.23. The summed E-state index contributed by atoms with van der Waals surface area (Å²) in [6.45, 7) is 8.87. The maximum Gasteiger partial charge on any atom is 0.271 e. The van der Waals surface area contributed by atoms with Crippen molar-refractivity contribution in [3.8, 4) is 5.69 Å². The molecule has 0 fully saturated rings. The monoisotopic (exact) mass is 411 g/mol. The molecule has 0 saturated carbocycles. The van der Waals surface area contributed by atoms with Crippen molar-refractivity contribution in [2.75, 3.05) is 0 Å². The Morgan fingerprint density at radius 1 is 1.14 bits per heavy atom. The maximum absolute atomic E-state index is 12.4. The smallest absolute Gasteiger partial charge is 0.271 e. The van der Waals surface area contributed by atoms with Gasteiger partial charge in [0.15, 0.2) is 0 Å². The van der Waals surface area contributed by atoms with Gasteiger partial charge in [0.2, 0.25) is 0 Å². The Hall–Kier alpha value is -2.86. The van der Waals surface area contributed by atoms with E-state index in [1.54, 1.807) is 23.0 Å². The normalized spacial score (nSPS) is 11.3. The average Bonchev–Trinajstić information content (AvgIpc) is 3.18.